The molecule has 1 aliphatic rings. The number of hydrogen-bond acceptors (Lipinski definition) is 4. The molecule has 6 heteroatoms. The minimum atomic E-state index is -0.554. The van der Waals surface area contributed by atoms with Gasteiger partial charge in [0, 0.05) is 19.1 Å². The van der Waals surface area contributed by atoms with Gasteiger partial charge >= 0.3 is 11.8 Å². The average molecular weight is 301 g/mol. The molecule has 2 amide bonds. The van der Waals surface area contributed by atoms with Crippen molar-refractivity contribution in [3.63, 3.8) is 0 Å². The fourth-order valence-corrected chi connectivity index (χ4v) is 2.86. The van der Waals surface area contributed by atoms with E-state index in [1.165, 1.54) is 0 Å². The number of nitrogens with two attached hydrogens (primary N) is 1. The third-order valence-corrected chi connectivity index (χ3v) is 4.65. The molecule has 0 aromatic rings. The number of carbonyl (C=O) groups excluding carboxylic acids is 2. The maximum absolute atomic E-state index is 11.7. The molecule has 0 radical (unpaired) electrons. The molecule has 4 N–H and O–H groups in total. The summed E-state index contributed by atoms with van der Waals surface area (Å²) in [5.41, 5.74) is 5.59. The Hall–Kier alpha value is -0.750. The Balaban J connectivity index is 2.07. The first-order valence-corrected chi connectivity index (χ1v) is 8.56. The standard InChI is InChI=1S/C14H27N3O2S/c1-10(2)9-20-7-3-6-16-13(18)14(19)17-12(8-15)11-4-5-11/h10-12H,3-9,15H2,1-2H3,(H,16,18)(H,17,19). The Bertz CT molecular complexity index is 320. The van der Waals surface area contributed by atoms with E-state index in [0.29, 0.717) is 24.9 Å². The number of hydrogen-bond donors (Lipinski definition) is 3. The van der Waals surface area contributed by atoms with Gasteiger partial charge in [-0.1, -0.05) is 13.8 Å². The largest absolute Gasteiger partial charge is 0.348 e. The predicted molar refractivity (Wildman–Crippen MR) is 83.5 cm³/mol. The number of thioether (sulfide) groups is 1. The molecule has 1 aliphatic carbocycles. The molecule has 0 aromatic carbocycles. The van der Waals surface area contributed by atoms with Crippen molar-refractivity contribution in [1.82, 2.24) is 10.6 Å². The van der Waals surface area contributed by atoms with Gasteiger partial charge in [0.2, 0.25) is 0 Å². The van der Waals surface area contributed by atoms with Crippen molar-refractivity contribution in [2.45, 2.75) is 39.2 Å². The average Bonchev–Trinajstić information content (AvgIpc) is 3.23. The molecule has 1 fully saturated rings. The highest BCUT2D eigenvalue weighted by molar-refractivity contribution is 7.99. The molecule has 0 aromatic heterocycles. The quantitative estimate of drug-likeness (QED) is 0.433. The van der Waals surface area contributed by atoms with Crippen LogP contribution in [0.1, 0.15) is 33.1 Å². The first-order chi connectivity index (χ1) is 9.54. The zero-order valence-electron chi connectivity index (χ0n) is 12.5. The van der Waals surface area contributed by atoms with E-state index in [1.54, 1.807) is 0 Å². The first kappa shape index (κ1) is 17.3. The van der Waals surface area contributed by atoms with Crippen LogP contribution in [0.2, 0.25) is 0 Å². The fourth-order valence-electron chi connectivity index (χ4n) is 1.88. The van der Waals surface area contributed by atoms with Crippen molar-refractivity contribution in [2.75, 3.05) is 24.6 Å². The molecule has 116 valence electrons. The molecule has 1 unspecified atom stereocenters. The van der Waals surface area contributed by atoms with Gasteiger partial charge in [-0.2, -0.15) is 11.8 Å². The van der Waals surface area contributed by atoms with Crippen LogP contribution in [0.25, 0.3) is 0 Å². The SMILES string of the molecule is CC(C)CSCCCNC(=O)C(=O)NC(CN)C1CC1. The van der Waals surface area contributed by atoms with Crippen LogP contribution < -0.4 is 16.4 Å². The second-order valence-corrected chi connectivity index (χ2v) is 6.88. The number of nitrogens with one attached hydrogen (secondary N) is 2. The highest BCUT2D eigenvalue weighted by Gasteiger charge is 2.32. The summed E-state index contributed by atoms with van der Waals surface area (Å²) in [5, 5.41) is 5.37. The van der Waals surface area contributed by atoms with Gasteiger partial charge in [0.25, 0.3) is 0 Å². The second-order valence-electron chi connectivity index (χ2n) is 5.73. The summed E-state index contributed by atoms with van der Waals surface area (Å²) >= 11 is 1.88. The van der Waals surface area contributed by atoms with E-state index in [2.05, 4.69) is 24.5 Å². The van der Waals surface area contributed by atoms with E-state index < -0.39 is 11.8 Å². The zero-order valence-corrected chi connectivity index (χ0v) is 13.3. The summed E-state index contributed by atoms with van der Waals surface area (Å²) in [6, 6.07) is -0.0464. The van der Waals surface area contributed by atoms with Crippen LogP contribution in [0, 0.1) is 11.8 Å². The van der Waals surface area contributed by atoms with E-state index in [1.807, 2.05) is 11.8 Å². The van der Waals surface area contributed by atoms with Gasteiger partial charge in [0.05, 0.1) is 0 Å². The minimum Gasteiger partial charge on any atom is -0.348 e. The maximum atomic E-state index is 11.7. The van der Waals surface area contributed by atoms with Crippen molar-refractivity contribution in [3.05, 3.63) is 0 Å². The van der Waals surface area contributed by atoms with Crippen LogP contribution in [-0.4, -0.2) is 42.5 Å². The summed E-state index contributed by atoms with van der Waals surface area (Å²) < 4.78 is 0. The molecule has 5 nitrogen and oxygen atoms in total. The molecule has 0 aliphatic heterocycles. The first-order valence-electron chi connectivity index (χ1n) is 7.41. The van der Waals surface area contributed by atoms with Gasteiger partial charge in [0.15, 0.2) is 0 Å². The lowest BCUT2D eigenvalue weighted by Gasteiger charge is -2.15. The Morgan fingerprint density at radius 1 is 1.30 bits per heavy atom. The highest BCUT2D eigenvalue weighted by atomic mass is 32.2. The van der Waals surface area contributed by atoms with Crippen LogP contribution in [0.5, 0.6) is 0 Å². The van der Waals surface area contributed by atoms with Gasteiger partial charge in [-0.3, -0.25) is 9.59 Å². The van der Waals surface area contributed by atoms with E-state index in [4.69, 9.17) is 5.73 Å². The molecule has 0 saturated heterocycles. The van der Waals surface area contributed by atoms with Crippen LogP contribution in [0.15, 0.2) is 0 Å². The molecular formula is C14H27N3O2S. The zero-order chi connectivity index (χ0) is 15.0. The Morgan fingerprint density at radius 3 is 2.55 bits per heavy atom. The Kier molecular flexibility index (Phi) is 7.99. The van der Waals surface area contributed by atoms with Crippen molar-refractivity contribution in [3.8, 4) is 0 Å². The molecular weight excluding hydrogens is 274 g/mol. The summed E-state index contributed by atoms with van der Waals surface area (Å²) in [7, 11) is 0. The topological polar surface area (TPSA) is 84.2 Å². The lowest BCUT2D eigenvalue weighted by atomic mass is 10.2. The van der Waals surface area contributed by atoms with Crippen molar-refractivity contribution >= 4 is 23.6 Å². The molecule has 0 heterocycles. The van der Waals surface area contributed by atoms with Crippen LogP contribution in [-0.2, 0) is 9.59 Å². The normalized spacial score (nSPS) is 16.0. The number of amides is 2. The highest BCUT2D eigenvalue weighted by Crippen LogP contribution is 2.32. The van der Waals surface area contributed by atoms with E-state index in [-0.39, 0.29) is 6.04 Å². The fraction of sp³-hybridized carbons (Fsp3) is 0.857. The van der Waals surface area contributed by atoms with Crippen LogP contribution in [0.4, 0.5) is 0 Å². The smallest absolute Gasteiger partial charge is 0.309 e. The molecule has 0 spiro atoms. The summed E-state index contributed by atoms with van der Waals surface area (Å²) in [5.74, 6) is 2.20. The Labute approximate surface area is 125 Å². The lowest BCUT2D eigenvalue weighted by Crippen LogP contribution is -2.48. The summed E-state index contributed by atoms with van der Waals surface area (Å²) in [6.07, 6.45) is 3.08. The molecule has 1 atom stereocenters. The van der Waals surface area contributed by atoms with Gasteiger partial charge in [-0.25, -0.2) is 0 Å². The number of rotatable bonds is 9. The van der Waals surface area contributed by atoms with Crippen LogP contribution in [0.3, 0.4) is 0 Å². The third kappa shape index (κ3) is 7.14. The van der Waals surface area contributed by atoms with Crippen LogP contribution >= 0.6 is 11.8 Å². The molecule has 0 bridgehead atoms. The summed E-state index contributed by atoms with van der Waals surface area (Å²) in [4.78, 5) is 23.3. The van der Waals surface area contributed by atoms with Gasteiger partial charge in [-0.05, 0) is 42.6 Å². The minimum absolute atomic E-state index is 0.0464. The van der Waals surface area contributed by atoms with Crippen molar-refractivity contribution < 1.29 is 9.59 Å². The Morgan fingerprint density at radius 2 is 2.00 bits per heavy atom. The number of carbonyl (C=O) groups is 2. The van der Waals surface area contributed by atoms with Gasteiger partial charge in [-0.15, -0.1) is 0 Å². The van der Waals surface area contributed by atoms with Gasteiger partial charge in [0.1, 0.15) is 0 Å². The van der Waals surface area contributed by atoms with E-state index >= 15 is 0 Å². The molecule has 1 rings (SSSR count). The van der Waals surface area contributed by atoms with E-state index in [0.717, 1.165) is 30.8 Å². The third-order valence-electron chi connectivity index (χ3n) is 3.17. The monoisotopic (exact) mass is 301 g/mol. The molecule has 1 saturated carbocycles. The maximum Gasteiger partial charge on any atom is 0.309 e. The van der Waals surface area contributed by atoms with Crippen molar-refractivity contribution in [1.29, 1.82) is 0 Å². The van der Waals surface area contributed by atoms with E-state index in [9.17, 15) is 9.59 Å². The predicted octanol–water partition coefficient (Wildman–Crippen LogP) is 0.735. The van der Waals surface area contributed by atoms with Gasteiger partial charge < -0.3 is 16.4 Å². The lowest BCUT2D eigenvalue weighted by molar-refractivity contribution is -0.139. The summed E-state index contributed by atoms with van der Waals surface area (Å²) in [6.45, 7) is 5.32. The second kappa shape index (κ2) is 9.23. The molecule has 20 heavy (non-hydrogen) atoms. The van der Waals surface area contributed by atoms with Crippen molar-refractivity contribution in [2.24, 2.45) is 17.6 Å².